The Morgan fingerprint density at radius 3 is 2.72 bits per heavy atom. The molecule has 0 bridgehead atoms. The van der Waals surface area contributed by atoms with E-state index < -0.39 is 0 Å². The molecule has 0 saturated heterocycles. The van der Waals surface area contributed by atoms with Crippen molar-refractivity contribution in [2.45, 2.75) is 46.8 Å². The first kappa shape index (κ1) is 21.9. The Bertz CT molecular complexity index is 1140. The molecule has 0 radical (unpaired) electrons. The normalized spacial score (nSPS) is 13.0. The summed E-state index contributed by atoms with van der Waals surface area (Å²) < 4.78 is 2.06. The van der Waals surface area contributed by atoms with Gasteiger partial charge in [0, 0.05) is 32.2 Å². The molecule has 0 fully saturated rings. The van der Waals surface area contributed by atoms with Gasteiger partial charge in [-0.25, -0.2) is 9.97 Å². The number of anilines is 2. The highest BCUT2D eigenvalue weighted by Crippen LogP contribution is 2.32. The van der Waals surface area contributed by atoms with Gasteiger partial charge in [-0.3, -0.25) is 9.69 Å². The molecule has 9 heteroatoms. The molecule has 3 aromatic heterocycles. The zero-order valence-electron chi connectivity index (χ0n) is 19.4. The lowest BCUT2D eigenvalue weighted by atomic mass is 10.1. The molecule has 0 spiro atoms. The van der Waals surface area contributed by atoms with Crippen LogP contribution in [0, 0.1) is 6.92 Å². The van der Waals surface area contributed by atoms with E-state index in [0.29, 0.717) is 30.2 Å². The van der Waals surface area contributed by atoms with E-state index in [9.17, 15) is 4.79 Å². The number of rotatable bonds is 8. The Morgan fingerprint density at radius 2 is 2.00 bits per heavy atom. The van der Waals surface area contributed by atoms with E-state index in [4.69, 9.17) is 9.97 Å². The molecule has 1 amide bonds. The summed E-state index contributed by atoms with van der Waals surface area (Å²) in [6, 6.07) is 7.59. The summed E-state index contributed by atoms with van der Waals surface area (Å²) in [6.07, 6.45) is 0.973. The van der Waals surface area contributed by atoms with Gasteiger partial charge in [-0.2, -0.15) is 0 Å². The van der Waals surface area contributed by atoms with Crippen molar-refractivity contribution in [3.8, 4) is 11.5 Å². The maximum Gasteiger partial charge on any atom is 0.260 e. The predicted octanol–water partition coefficient (Wildman–Crippen LogP) is 2.79. The first-order valence-electron chi connectivity index (χ1n) is 11.1. The van der Waals surface area contributed by atoms with Gasteiger partial charge in [0.2, 0.25) is 0 Å². The van der Waals surface area contributed by atoms with Crippen molar-refractivity contribution in [2.24, 2.45) is 0 Å². The summed E-state index contributed by atoms with van der Waals surface area (Å²) in [5.74, 6) is 2.93. The molecule has 0 saturated carbocycles. The van der Waals surface area contributed by atoms with Gasteiger partial charge in [0.1, 0.15) is 23.2 Å². The largest absolute Gasteiger partial charge is 0.360 e. The first-order chi connectivity index (χ1) is 15.5. The summed E-state index contributed by atoms with van der Waals surface area (Å²) in [7, 11) is 3.87. The van der Waals surface area contributed by atoms with Crippen LogP contribution in [0.5, 0.6) is 0 Å². The van der Waals surface area contributed by atoms with Crippen molar-refractivity contribution >= 4 is 17.5 Å². The van der Waals surface area contributed by atoms with Gasteiger partial charge < -0.3 is 14.8 Å². The Morgan fingerprint density at radius 1 is 1.19 bits per heavy atom. The number of pyridine rings is 2. The summed E-state index contributed by atoms with van der Waals surface area (Å²) in [5.41, 5.74) is 3.25. The van der Waals surface area contributed by atoms with Crippen molar-refractivity contribution in [2.75, 3.05) is 30.4 Å². The lowest BCUT2D eigenvalue weighted by Gasteiger charge is -2.18. The van der Waals surface area contributed by atoms with Gasteiger partial charge in [0.05, 0.1) is 17.8 Å². The van der Waals surface area contributed by atoms with Crippen molar-refractivity contribution in [3.05, 3.63) is 46.9 Å². The zero-order valence-corrected chi connectivity index (χ0v) is 19.4. The quantitative estimate of drug-likeness (QED) is 0.583. The van der Waals surface area contributed by atoms with Crippen molar-refractivity contribution in [3.63, 3.8) is 0 Å². The highest BCUT2D eigenvalue weighted by atomic mass is 16.2. The number of carbonyl (C=O) groups is 1. The number of carbonyl (C=O) groups excluding carboxylic acids is 1. The van der Waals surface area contributed by atoms with Crippen LogP contribution in [0.2, 0.25) is 0 Å². The summed E-state index contributed by atoms with van der Waals surface area (Å²) >= 11 is 0. The van der Waals surface area contributed by atoms with Crippen LogP contribution in [0.3, 0.4) is 0 Å². The molecule has 1 N–H and O–H groups in total. The molecule has 168 valence electrons. The number of aromatic nitrogens is 5. The Kier molecular flexibility index (Phi) is 6.18. The third-order valence-electron chi connectivity index (χ3n) is 5.82. The maximum absolute atomic E-state index is 13.4. The molecule has 0 aliphatic carbocycles. The van der Waals surface area contributed by atoms with E-state index in [-0.39, 0.29) is 5.91 Å². The van der Waals surface area contributed by atoms with Gasteiger partial charge in [0.15, 0.2) is 5.82 Å². The van der Waals surface area contributed by atoms with Crippen LogP contribution >= 0.6 is 0 Å². The number of nitrogens with one attached hydrogen (secondary N) is 1. The standard InChI is InChI=1S/C23H30N8O/c1-6-11-30-15(3)27-28-22(30)18-9-8-10-20(25-18)31-14-17-16(23(31)32)12-21(29(5)7-2)26-19(17)13-24-4/h8-10,12,24H,6-7,11,13-14H2,1-5H3. The van der Waals surface area contributed by atoms with Crippen LogP contribution in [0.4, 0.5) is 11.6 Å². The zero-order chi connectivity index (χ0) is 22.8. The third-order valence-corrected chi connectivity index (χ3v) is 5.82. The van der Waals surface area contributed by atoms with Crippen LogP contribution in [0.1, 0.15) is 47.7 Å². The van der Waals surface area contributed by atoms with Crippen molar-refractivity contribution in [1.82, 2.24) is 30.0 Å². The van der Waals surface area contributed by atoms with E-state index >= 15 is 0 Å². The van der Waals surface area contributed by atoms with Gasteiger partial charge in [-0.05, 0) is 45.5 Å². The first-order valence-corrected chi connectivity index (χ1v) is 11.1. The smallest absolute Gasteiger partial charge is 0.260 e. The molecular weight excluding hydrogens is 404 g/mol. The van der Waals surface area contributed by atoms with E-state index in [0.717, 1.165) is 48.2 Å². The summed E-state index contributed by atoms with van der Waals surface area (Å²) in [4.78, 5) is 26.8. The monoisotopic (exact) mass is 434 g/mol. The second kappa shape index (κ2) is 9.04. The van der Waals surface area contributed by atoms with Gasteiger partial charge in [-0.1, -0.05) is 13.0 Å². The number of hydrogen-bond acceptors (Lipinski definition) is 7. The van der Waals surface area contributed by atoms with Gasteiger partial charge in [-0.15, -0.1) is 10.2 Å². The minimum absolute atomic E-state index is 0.0543. The number of nitrogens with zero attached hydrogens (tertiary/aromatic N) is 7. The van der Waals surface area contributed by atoms with Crippen LogP contribution < -0.4 is 15.1 Å². The molecule has 1 aliphatic heterocycles. The second-order valence-corrected chi connectivity index (χ2v) is 7.99. The fourth-order valence-corrected chi connectivity index (χ4v) is 3.97. The summed E-state index contributed by atoms with van der Waals surface area (Å²) in [5, 5.41) is 11.7. The Labute approximate surface area is 188 Å². The minimum Gasteiger partial charge on any atom is -0.360 e. The maximum atomic E-state index is 13.4. The van der Waals surface area contributed by atoms with Gasteiger partial charge >= 0.3 is 0 Å². The number of amides is 1. The molecule has 32 heavy (non-hydrogen) atoms. The number of aryl methyl sites for hydroxylation is 1. The molecule has 0 atom stereocenters. The van der Waals surface area contributed by atoms with E-state index in [1.807, 2.05) is 50.2 Å². The molecule has 4 rings (SSSR count). The molecular formula is C23H30N8O. The Hall–Kier alpha value is -3.33. The van der Waals surface area contributed by atoms with E-state index in [2.05, 4.69) is 33.9 Å². The second-order valence-electron chi connectivity index (χ2n) is 7.99. The SMILES string of the molecule is CCCn1c(C)nnc1-c1cccc(N2Cc3c(cc(N(C)CC)nc3CNC)C2=O)n1. The Balaban J connectivity index is 1.72. The van der Waals surface area contributed by atoms with Crippen LogP contribution in [0.25, 0.3) is 11.5 Å². The average molecular weight is 435 g/mol. The van der Waals surface area contributed by atoms with Crippen molar-refractivity contribution in [1.29, 1.82) is 0 Å². The minimum atomic E-state index is -0.0543. The highest BCUT2D eigenvalue weighted by Gasteiger charge is 2.33. The lowest BCUT2D eigenvalue weighted by molar-refractivity contribution is 0.0996. The number of hydrogen-bond donors (Lipinski definition) is 1. The van der Waals surface area contributed by atoms with E-state index in [1.54, 1.807) is 4.90 Å². The molecule has 9 nitrogen and oxygen atoms in total. The highest BCUT2D eigenvalue weighted by molar-refractivity contribution is 6.10. The van der Waals surface area contributed by atoms with Crippen LogP contribution in [0.15, 0.2) is 24.3 Å². The topological polar surface area (TPSA) is 92.1 Å². The molecule has 0 unspecified atom stereocenters. The van der Waals surface area contributed by atoms with Crippen LogP contribution in [-0.4, -0.2) is 51.3 Å². The van der Waals surface area contributed by atoms with E-state index in [1.165, 1.54) is 0 Å². The summed E-state index contributed by atoms with van der Waals surface area (Å²) in [6.45, 7) is 8.81. The fraction of sp³-hybridized carbons (Fsp3) is 0.435. The van der Waals surface area contributed by atoms with Crippen LogP contribution in [-0.2, 0) is 19.6 Å². The van der Waals surface area contributed by atoms with Gasteiger partial charge in [0.25, 0.3) is 5.91 Å². The third kappa shape index (κ3) is 3.84. The molecule has 3 aromatic rings. The molecule has 1 aliphatic rings. The molecule has 0 aromatic carbocycles. The fourth-order valence-electron chi connectivity index (χ4n) is 3.97. The average Bonchev–Trinajstić information content (AvgIpc) is 3.34. The van der Waals surface area contributed by atoms with Crippen molar-refractivity contribution < 1.29 is 4.79 Å². The lowest BCUT2D eigenvalue weighted by Crippen LogP contribution is -2.24. The number of fused-ring (bicyclic) bond motifs is 1. The molecule has 4 heterocycles. The predicted molar refractivity (Wildman–Crippen MR) is 125 cm³/mol.